The standard InChI is InChI=1S/2C9H16O5.2C5H6O4.Na.H/c2*1-7(2)8(13)14-6-9(3-10,4-11)5-12;2*1-3(5(8)9)2-4(6)7;;/h2*10-12H,1,3-6H2,2H3;2*1-2H2,(H,6,7)(H,8,9);;/q;;;;+1;-1. The molecule has 18 nitrogen and oxygen atoms in total. The molecule has 0 amide bonds. The van der Waals surface area contributed by atoms with E-state index in [-0.39, 0.29) is 66.5 Å². The molecule has 266 valence electrons. The second-order valence-electron chi connectivity index (χ2n) is 9.62. The Hall–Kier alpha value is -3.46. The Labute approximate surface area is 294 Å². The average molecular weight is 693 g/mol. The number of aliphatic carboxylic acids is 4. The van der Waals surface area contributed by atoms with Gasteiger partial charge in [0.2, 0.25) is 0 Å². The normalized spacial score (nSPS) is 9.87. The molecule has 0 atom stereocenters. The third-order valence-electron chi connectivity index (χ3n) is 5.06. The van der Waals surface area contributed by atoms with E-state index in [1.54, 1.807) is 0 Å². The van der Waals surface area contributed by atoms with E-state index in [0.29, 0.717) is 0 Å². The fourth-order valence-electron chi connectivity index (χ4n) is 1.77. The maximum Gasteiger partial charge on any atom is 1.00 e. The van der Waals surface area contributed by atoms with Crippen LogP contribution in [0.15, 0.2) is 48.6 Å². The van der Waals surface area contributed by atoms with E-state index in [1.165, 1.54) is 13.8 Å². The Balaban J connectivity index is -0.000000123. The second-order valence-corrected chi connectivity index (χ2v) is 9.62. The number of rotatable bonds is 18. The van der Waals surface area contributed by atoms with E-state index >= 15 is 0 Å². The van der Waals surface area contributed by atoms with Crippen molar-refractivity contribution in [3.8, 4) is 0 Å². The molecule has 0 aliphatic carbocycles. The van der Waals surface area contributed by atoms with E-state index in [2.05, 4.69) is 26.3 Å². The van der Waals surface area contributed by atoms with Gasteiger partial charge in [-0.15, -0.1) is 0 Å². The van der Waals surface area contributed by atoms with E-state index in [1.807, 2.05) is 0 Å². The first-order valence-corrected chi connectivity index (χ1v) is 12.7. The van der Waals surface area contributed by atoms with Crippen LogP contribution in [-0.2, 0) is 38.2 Å². The van der Waals surface area contributed by atoms with E-state index in [9.17, 15) is 28.8 Å². The summed E-state index contributed by atoms with van der Waals surface area (Å²) in [5.41, 5.74) is -2.50. The molecule has 0 aromatic rings. The quantitative estimate of drug-likeness (QED) is 0.0367. The zero-order valence-corrected chi connectivity index (χ0v) is 28.6. The summed E-state index contributed by atoms with van der Waals surface area (Å²) in [5.74, 6) is -6.10. The Morgan fingerprint density at radius 1 is 0.532 bits per heavy atom. The second kappa shape index (κ2) is 28.7. The molecule has 10 N–H and O–H groups in total. The topological polar surface area (TPSA) is 323 Å². The maximum atomic E-state index is 11.0. The number of carbonyl (C=O) groups excluding carboxylic acids is 2. The van der Waals surface area contributed by atoms with E-state index < -0.39 is 99.1 Å². The van der Waals surface area contributed by atoms with Crippen LogP contribution < -0.4 is 29.6 Å². The average Bonchev–Trinajstić information content (AvgIpc) is 2.99. The third-order valence-corrected chi connectivity index (χ3v) is 5.06. The van der Waals surface area contributed by atoms with Crippen molar-refractivity contribution in [1.29, 1.82) is 0 Å². The van der Waals surface area contributed by atoms with Crippen molar-refractivity contribution in [2.45, 2.75) is 26.7 Å². The van der Waals surface area contributed by atoms with Gasteiger partial charge in [-0.3, -0.25) is 9.59 Å². The largest absolute Gasteiger partial charge is 1.00 e. The molecule has 0 saturated heterocycles. The zero-order chi connectivity index (χ0) is 37.3. The Morgan fingerprint density at radius 3 is 0.851 bits per heavy atom. The van der Waals surface area contributed by atoms with E-state index in [4.69, 9.17) is 60.5 Å². The molecule has 0 bridgehead atoms. The van der Waals surface area contributed by atoms with Crippen molar-refractivity contribution in [3.63, 3.8) is 0 Å². The number of carbonyl (C=O) groups is 6. The van der Waals surface area contributed by atoms with Gasteiger partial charge in [0.25, 0.3) is 0 Å². The number of esters is 2. The predicted octanol–water partition coefficient (Wildman–Crippen LogP) is -4.54. The van der Waals surface area contributed by atoms with Crippen molar-refractivity contribution in [3.05, 3.63) is 48.6 Å². The summed E-state index contributed by atoms with van der Waals surface area (Å²) in [6.45, 7) is 12.5. The maximum absolute atomic E-state index is 11.0. The number of hydrogen-bond donors (Lipinski definition) is 10. The molecule has 0 rings (SSSR count). The zero-order valence-electron chi connectivity index (χ0n) is 27.6. The summed E-state index contributed by atoms with van der Waals surface area (Å²) < 4.78 is 9.45. The van der Waals surface area contributed by atoms with Crippen LogP contribution in [0, 0.1) is 10.8 Å². The van der Waals surface area contributed by atoms with Gasteiger partial charge in [0.05, 0.1) is 63.3 Å². The summed E-state index contributed by atoms with van der Waals surface area (Å²) in [6.07, 6.45) is -1.01. The summed E-state index contributed by atoms with van der Waals surface area (Å²) >= 11 is 0. The molecule has 0 radical (unpaired) electrons. The van der Waals surface area contributed by atoms with Crippen molar-refractivity contribution < 1.29 is 120 Å². The number of hydrogen-bond acceptors (Lipinski definition) is 14. The summed E-state index contributed by atoms with van der Waals surface area (Å²) in [5, 5.41) is 85.5. The number of carboxylic acids is 4. The Morgan fingerprint density at radius 2 is 0.745 bits per heavy atom. The molecule has 0 fully saturated rings. The smallest absolute Gasteiger partial charge is 1.00 e. The van der Waals surface area contributed by atoms with Gasteiger partial charge in [0.1, 0.15) is 13.2 Å². The first-order chi connectivity index (χ1) is 21.1. The molecule has 0 spiro atoms. The van der Waals surface area contributed by atoms with Gasteiger partial charge in [-0.1, -0.05) is 26.3 Å². The molecule has 0 saturated carbocycles. The van der Waals surface area contributed by atoms with Crippen LogP contribution in [0.3, 0.4) is 0 Å². The van der Waals surface area contributed by atoms with Gasteiger partial charge in [-0.05, 0) is 13.8 Å². The first-order valence-electron chi connectivity index (χ1n) is 12.7. The van der Waals surface area contributed by atoms with E-state index in [0.717, 1.165) is 0 Å². The molecule has 19 heteroatoms. The number of aliphatic hydroxyl groups excluding tert-OH is 6. The third kappa shape index (κ3) is 27.4. The molecule has 0 unspecified atom stereocenters. The van der Waals surface area contributed by atoms with Gasteiger partial charge < -0.3 is 62.0 Å². The monoisotopic (exact) mass is 692 g/mol. The van der Waals surface area contributed by atoms with Crippen molar-refractivity contribution in [1.82, 2.24) is 0 Å². The van der Waals surface area contributed by atoms with Gasteiger partial charge in [-0.2, -0.15) is 0 Å². The fraction of sp³-hybridized carbons (Fsp3) is 0.500. The molecule has 0 heterocycles. The number of carboxylic acid groups (broad SMARTS) is 4. The van der Waals surface area contributed by atoms with Gasteiger partial charge in [0.15, 0.2) is 0 Å². The van der Waals surface area contributed by atoms with Crippen LogP contribution in [-0.4, -0.2) is 140 Å². The van der Waals surface area contributed by atoms with Crippen LogP contribution in [0.1, 0.15) is 28.1 Å². The van der Waals surface area contributed by atoms with Crippen molar-refractivity contribution in [2.75, 3.05) is 52.9 Å². The van der Waals surface area contributed by atoms with Gasteiger partial charge in [-0.25, -0.2) is 19.2 Å². The van der Waals surface area contributed by atoms with Crippen LogP contribution >= 0.6 is 0 Å². The molecule has 0 aromatic carbocycles. The fourth-order valence-corrected chi connectivity index (χ4v) is 1.77. The molecule has 47 heavy (non-hydrogen) atoms. The van der Waals surface area contributed by atoms with Crippen LogP contribution in [0.4, 0.5) is 0 Å². The van der Waals surface area contributed by atoms with Crippen LogP contribution in [0.25, 0.3) is 0 Å². The Bertz CT molecular complexity index is 980. The molecule has 0 aromatic heterocycles. The van der Waals surface area contributed by atoms with Gasteiger partial charge >= 0.3 is 65.4 Å². The summed E-state index contributed by atoms with van der Waals surface area (Å²) in [6, 6.07) is 0. The minimum Gasteiger partial charge on any atom is -1.00 e. The summed E-state index contributed by atoms with van der Waals surface area (Å²) in [7, 11) is 0. The number of ether oxygens (including phenoxy) is 2. The summed E-state index contributed by atoms with van der Waals surface area (Å²) in [4.78, 5) is 61.3. The number of aliphatic hydroxyl groups is 6. The first kappa shape index (κ1) is 53.0. The van der Waals surface area contributed by atoms with Gasteiger partial charge in [0, 0.05) is 22.3 Å². The van der Waals surface area contributed by atoms with Crippen molar-refractivity contribution >= 4 is 35.8 Å². The van der Waals surface area contributed by atoms with Crippen LogP contribution in [0.5, 0.6) is 0 Å². The van der Waals surface area contributed by atoms with Crippen molar-refractivity contribution in [2.24, 2.45) is 10.8 Å². The SMILES string of the molecule is C=C(C)C(=O)OCC(CO)(CO)CO.C=C(C)C(=O)OCC(CO)(CO)CO.C=C(CC(=O)O)C(=O)O.C=C(CC(=O)O)C(=O)O.[H-].[Na+]. The molecule has 0 aliphatic rings. The molecule has 0 aliphatic heterocycles. The Kier molecular flexibility index (Phi) is 32.4. The predicted molar refractivity (Wildman–Crippen MR) is 158 cm³/mol. The van der Waals surface area contributed by atoms with Crippen LogP contribution in [0.2, 0.25) is 0 Å². The minimum absolute atomic E-state index is 0. The molecular weight excluding hydrogens is 647 g/mol. The molecular formula is C28H45NaO18. The minimum atomic E-state index is -1.27.